The fraction of sp³-hybridized carbons (Fsp3) is 0.300. The summed E-state index contributed by atoms with van der Waals surface area (Å²) in [5, 5.41) is 9.24. The molecule has 0 aliphatic heterocycles. The number of nitriles is 1. The van der Waals surface area contributed by atoms with Crippen LogP contribution in [0, 0.1) is 11.3 Å². The molecule has 0 N–H and O–H groups in total. The molecule has 0 fully saturated rings. The summed E-state index contributed by atoms with van der Waals surface area (Å²) in [4.78, 5) is 1.97. The second-order valence-corrected chi connectivity index (χ2v) is 4.39. The summed E-state index contributed by atoms with van der Waals surface area (Å²) in [5.74, 6) is 0. The van der Waals surface area contributed by atoms with Gasteiger partial charge in [0.15, 0.2) is 0 Å². The number of anilines is 1. The van der Waals surface area contributed by atoms with Gasteiger partial charge in [0.2, 0.25) is 0 Å². The van der Waals surface area contributed by atoms with Gasteiger partial charge in [0.25, 0.3) is 0 Å². The van der Waals surface area contributed by atoms with E-state index < -0.39 is 0 Å². The van der Waals surface area contributed by atoms with Crippen molar-refractivity contribution < 1.29 is 0 Å². The maximum absolute atomic E-state index is 8.61. The standard InChI is InChI=1S/C10H10BrClN2/c1-14(2)10-5-7(3-4-13)9(12)6-8(10)11/h5-6H,3H2,1-2H3. The fourth-order valence-corrected chi connectivity index (χ4v) is 2.20. The molecule has 1 aromatic rings. The van der Waals surface area contributed by atoms with Crippen molar-refractivity contribution in [3.63, 3.8) is 0 Å². The maximum atomic E-state index is 8.61. The van der Waals surface area contributed by atoms with Crippen LogP contribution in [0.4, 0.5) is 5.69 Å². The van der Waals surface area contributed by atoms with Crippen LogP contribution < -0.4 is 4.90 Å². The zero-order valence-electron chi connectivity index (χ0n) is 8.01. The molecule has 0 heterocycles. The van der Waals surface area contributed by atoms with Crippen LogP contribution in [0.15, 0.2) is 16.6 Å². The lowest BCUT2D eigenvalue weighted by Gasteiger charge is -2.16. The lowest BCUT2D eigenvalue weighted by Crippen LogP contribution is -2.09. The van der Waals surface area contributed by atoms with Gasteiger partial charge < -0.3 is 4.90 Å². The van der Waals surface area contributed by atoms with E-state index in [9.17, 15) is 0 Å². The molecule has 14 heavy (non-hydrogen) atoms. The van der Waals surface area contributed by atoms with Crippen LogP contribution in [0.5, 0.6) is 0 Å². The summed E-state index contributed by atoms with van der Waals surface area (Å²) < 4.78 is 0.939. The van der Waals surface area contributed by atoms with Gasteiger partial charge in [-0.05, 0) is 33.6 Å². The molecular weight excluding hydrogens is 263 g/mol. The monoisotopic (exact) mass is 272 g/mol. The van der Waals surface area contributed by atoms with Crippen LogP contribution in [-0.2, 0) is 6.42 Å². The predicted molar refractivity (Wildman–Crippen MR) is 62.8 cm³/mol. The Bertz CT molecular complexity index is 382. The van der Waals surface area contributed by atoms with Gasteiger partial charge in [-0.3, -0.25) is 0 Å². The Labute approximate surface area is 97.2 Å². The molecule has 0 radical (unpaired) electrons. The van der Waals surface area contributed by atoms with Crippen molar-refractivity contribution in [1.82, 2.24) is 0 Å². The van der Waals surface area contributed by atoms with Gasteiger partial charge in [-0.15, -0.1) is 0 Å². The zero-order chi connectivity index (χ0) is 10.7. The van der Waals surface area contributed by atoms with Crippen molar-refractivity contribution >= 4 is 33.2 Å². The van der Waals surface area contributed by atoms with E-state index in [0.29, 0.717) is 11.4 Å². The lowest BCUT2D eigenvalue weighted by molar-refractivity contribution is 1.11. The number of halogens is 2. The summed E-state index contributed by atoms with van der Waals surface area (Å²) in [6.45, 7) is 0. The third-order valence-corrected chi connectivity index (χ3v) is 2.85. The highest BCUT2D eigenvalue weighted by atomic mass is 79.9. The number of rotatable bonds is 2. The third kappa shape index (κ3) is 2.40. The van der Waals surface area contributed by atoms with E-state index in [1.165, 1.54) is 0 Å². The molecule has 0 aliphatic carbocycles. The first kappa shape index (κ1) is 11.4. The van der Waals surface area contributed by atoms with Crippen molar-refractivity contribution in [3.05, 3.63) is 27.2 Å². The SMILES string of the molecule is CN(C)c1cc(CC#N)c(Cl)cc1Br. The van der Waals surface area contributed by atoms with Crippen molar-refractivity contribution in [2.75, 3.05) is 19.0 Å². The van der Waals surface area contributed by atoms with Gasteiger partial charge in [-0.2, -0.15) is 5.26 Å². The summed E-state index contributed by atoms with van der Waals surface area (Å²) in [6.07, 6.45) is 0.340. The van der Waals surface area contributed by atoms with E-state index in [-0.39, 0.29) is 0 Å². The van der Waals surface area contributed by atoms with Crippen LogP contribution in [0.3, 0.4) is 0 Å². The van der Waals surface area contributed by atoms with Crippen LogP contribution in [0.1, 0.15) is 5.56 Å². The zero-order valence-corrected chi connectivity index (χ0v) is 10.4. The molecule has 0 spiro atoms. The van der Waals surface area contributed by atoms with Crippen molar-refractivity contribution in [1.29, 1.82) is 5.26 Å². The van der Waals surface area contributed by atoms with E-state index in [2.05, 4.69) is 22.0 Å². The summed E-state index contributed by atoms with van der Waals surface area (Å²) in [5.41, 5.74) is 1.89. The van der Waals surface area contributed by atoms with Crippen LogP contribution in [0.25, 0.3) is 0 Å². The highest BCUT2D eigenvalue weighted by Crippen LogP contribution is 2.31. The summed E-state index contributed by atoms with van der Waals surface area (Å²) in [7, 11) is 3.90. The van der Waals surface area contributed by atoms with Crippen molar-refractivity contribution in [3.8, 4) is 6.07 Å². The Morgan fingerprint density at radius 3 is 2.64 bits per heavy atom. The van der Waals surface area contributed by atoms with E-state index in [4.69, 9.17) is 16.9 Å². The van der Waals surface area contributed by atoms with Gasteiger partial charge in [-0.25, -0.2) is 0 Å². The van der Waals surface area contributed by atoms with E-state index in [0.717, 1.165) is 15.7 Å². The maximum Gasteiger partial charge on any atom is 0.0670 e. The number of benzene rings is 1. The minimum Gasteiger partial charge on any atom is -0.377 e. The molecule has 0 amide bonds. The Morgan fingerprint density at radius 1 is 1.50 bits per heavy atom. The molecule has 0 bridgehead atoms. The normalized spacial score (nSPS) is 9.64. The molecule has 1 aromatic carbocycles. The Hall–Kier alpha value is -0.720. The second-order valence-electron chi connectivity index (χ2n) is 3.12. The summed E-state index contributed by atoms with van der Waals surface area (Å²) >= 11 is 9.41. The second kappa shape index (κ2) is 4.68. The minimum absolute atomic E-state index is 0.340. The largest absolute Gasteiger partial charge is 0.377 e. The van der Waals surface area contributed by atoms with Crippen LogP contribution in [-0.4, -0.2) is 14.1 Å². The quantitative estimate of drug-likeness (QED) is 0.827. The first-order chi connectivity index (χ1) is 6.56. The molecule has 0 unspecified atom stereocenters. The Morgan fingerprint density at radius 2 is 2.14 bits per heavy atom. The molecule has 2 nitrogen and oxygen atoms in total. The molecular formula is C10H10BrClN2. The van der Waals surface area contributed by atoms with Crippen molar-refractivity contribution in [2.45, 2.75) is 6.42 Å². The molecule has 0 aliphatic rings. The van der Waals surface area contributed by atoms with Gasteiger partial charge in [-0.1, -0.05) is 11.6 Å². The van der Waals surface area contributed by atoms with Gasteiger partial charge in [0.05, 0.1) is 18.2 Å². The highest BCUT2D eigenvalue weighted by Gasteiger charge is 2.07. The number of hydrogen-bond acceptors (Lipinski definition) is 2. The lowest BCUT2D eigenvalue weighted by atomic mass is 10.1. The van der Waals surface area contributed by atoms with Gasteiger partial charge in [0.1, 0.15) is 0 Å². The van der Waals surface area contributed by atoms with E-state index >= 15 is 0 Å². The first-order valence-corrected chi connectivity index (χ1v) is 5.25. The minimum atomic E-state index is 0.340. The van der Waals surface area contributed by atoms with E-state index in [1.807, 2.05) is 31.1 Å². The van der Waals surface area contributed by atoms with Crippen LogP contribution >= 0.6 is 27.5 Å². The number of hydrogen-bond donors (Lipinski definition) is 0. The van der Waals surface area contributed by atoms with Crippen molar-refractivity contribution in [2.24, 2.45) is 0 Å². The molecule has 0 saturated heterocycles. The molecule has 4 heteroatoms. The predicted octanol–water partition coefficient (Wildman–Crippen LogP) is 3.23. The fourth-order valence-electron chi connectivity index (χ4n) is 1.14. The Kier molecular flexibility index (Phi) is 3.79. The van der Waals surface area contributed by atoms with E-state index in [1.54, 1.807) is 0 Å². The summed E-state index contributed by atoms with van der Waals surface area (Å²) in [6, 6.07) is 5.84. The average Bonchev–Trinajstić information content (AvgIpc) is 2.09. The average molecular weight is 274 g/mol. The number of nitrogens with zero attached hydrogens (tertiary/aromatic N) is 2. The van der Waals surface area contributed by atoms with Gasteiger partial charge in [0, 0.05) is 23.6 Å². The molecule has 74 valence electrons. The molecule has 0 saturated carbocycles. The third-order valence-electron chi connectivity index (χ3n) is 1.87. The Balaban J connectivity index is 3.21. The smallest absolute Gasteiger partial charge is 0.0670 e. The van der Waals surface area contributed by atoms with Crippen LogP contribution in [0.2, 0.25) is 5.02 Å². The molecule has 0 aromatic heterocycles. The molecule has 1 rings (SSSR count). The first-order valence-electron chi connectivity index (χ1n) is 4.08. The molecule has 0 atom stereocenters. The highest BCUT2D eigenvalue weighted by molar-refractivity contribution is 9.10. The topological polar surface area (TPSA) is 27.0 Å². The van der Waals surface area contributed by atoms with Gasteiger partial charge >= 0.3 is 0 Å².